The second-order valence-corrected chi connectivity index (χ2v) is 3.44. The molecule has 1 aliphatic heterocycles. The van der Waals surface area contributed by atoms with Crippen LogP contribution in [0.15, 0.2) is 0 Å². The predicted octanol–water partition coefficient (Wildman–Crippen LogP) is -1.40. The second-order valence-electron chi connectivity index (χ2n) is 3.44. The van der Waals surface area contributed by atoms with Crippen molar-refractivity contribution in [1.29, 1.82) is 0 Å². The monoisotopic (exact) mass is 200 g/mol. The zero-order valence-corrected chi connectivity index (χ0v) is 8.03. The number of nitrogens with zero attached hydrogens (tertiary/aromatic N) is 1. The number of rotatable bonds is 4. The Labute approximate surface area is 82.6 Å². The van der Waals surface area contributed by atoms with E-state index in [1.54, 1.807) is 4.90 Å². The third-order valence-electron chi connectivity index (χ3n) is 2.30. The molecule has 1 unspecified atom stereocenters. The van der Waals surface area contributed by atoms with Crippen molar-refractivity contribution in [1.82, 2.24) is 10.2 Å². The lowest BCUT2D eigenvalue weighted by molar-refractivity contribution is -0.117. The van der Waals surface area contributed by atoms with Crippen LogP contribution in [-0.2, 0) is 4.79 Å². The van der Waals surface area contributed by atoms with Crippen LogP contribution in [0.3, 0.4) is 0 Å². The molecule has 0 saturated carbocycles. The number of carbonyl (C=O) groups is 2. The summed E-state index contributed by atoms with van der Waals surface area (Å²) in [5.41, 5.74) is 10.1. The van der Waals surface area contributed by atoms with Gasteiger partial charge in [0.15, 0.2) is 0 Å². The quantitative estimate of drug-likeness (QED) is 0.520. The molecule has 6 nitrogen and oxygen atoms in total. The van der Waals surface area contributed by atoms with E-state index in [-0.39, 0.29) is 18.0 Å². The molecule has 0 bridgehead atoms. The Morgan fingerprint density at radius 3 is 2.64 bits per heavy atom. The third-order valence-corrected chi connectivity index (χ3v) is 2.30. The molecule has 1 fully saturated rings. The van der Waals surface area contributed by atoms with E-state index < -0.39 is 0 Å². The molecule has 0 aromatic carbocycles. The zero-order chi connectivity index (χ0) is 10.6. The summed E-state index contributed by atoms with van der Waals surface area (Å²) in [6.07, 6.45) is 1.20. The smallest absolute Gasteiger partial charge is 0.314 e. The van der Waals surface area contributed by atoms with Crippen molar-refractivity contribution in [3.8, 4) is 0 Å². The third kappa shape index (κ3) is 3.21. The summed E-state index contributed by atoms with van der Waals surface area (Å²) in [7, 11) is 0. The van der Waals surface area contributed by atoms with Gasteiger partial charge in [0.25, 0.3) is 0 Å². The fourth-order valence-electron chi connectivity index (χ4n) is 1.53. The van der Waals surface area contributed by atoms with Crippen LogP contribution in [0.2, 0.25) is 0 Å². The number of nitrogens with one attached hydrogen (secondary N) is 1. The molecule has 0 aliphatic carbocycles. The van der Waals surface area contributed by atoms with Gasteiger partial charge in [-0.05, 0) is 6.42 Å². The first-order chi connectivity index (χ1) is 6.59. The minimum atomic E-state index is -0.385. The number of primary amides is 2. The number of nitrogens with two attached hydrogens (primary N) is 2. The van der Waals surface area contributed by atoms with Crippen LogP contribution < -0.4 is 16.8 Å². The van der Waals surface area contributed by atoms with Crippen molar-refractivity contribution in [2.24, 2.45) is 11.5 Å². The maximum atomic E-state index is 10.8. The van der Waals surface area contributed by atoms with Crippen molar-refractivity contribution >= 4 is 11.9 Å². The number of hydrogen-bond acceptors (Lipinski definition) is 3. The van der Waals surface area contributed by atoms with Crippen molar-refractivity contribution < 1.29 is 9.59 Å². The maximum Gasteiger partial charge on any atom is 0.314 e. The van der Waals surface area contributed by atoms with Crippen molar-refractivity contribution in [3.05, 3.63) is 0 Å². The second kappa shape index (κ2) is 4.80. The van der Waals surface area contributed by atoms with Gasteiger partial charge < -0.3 is 21.7 Å². The Balaban J connectivity index is 2.16. The van der Waals surface area contributed by atoms with Gasteiger partial charge in [-0.2, -0.15) is 0 Å². The molecule has 5 N–H and O–H groups in total. The molecule has 1 rings (SSSR count). The Morgan fingerprint density at radius 2 is 2.14 bits per heavy atom. The highest BCUT2D eigenvalue weighted by atomic mass is 16.2. The molecule has 0 aromatic rings. The van der Waals surface area contributed by atoms with E-state index >= 15 is 0 Å². The highest BCUT2D eigenvalue weighted by molar-refractivity contribution is 5.74. The summed E-state index contributed by atoms with van der Waals surface area (Å²) < 4.78 is 0. The number of carbonyl (C=O) groups excluding carboxylic acids is 2. The average molecular weight is 200 g/mol. The van der Waals surface area contributed by atoms with E-state index in [4.69, 9.17) is 11.5 Å². The highest BCUT2D eigenvalue weighted by Crippen LogP contribution is 2.07. The van der Waals surface area contributed by atoms with Gasteiger partial charge in [-0.1, -0.05) is 0 Å². The molecule has 1 aliphatic rings. The lowest BCUT2D eigenvalue weighted by atomic mass is 10.2. The summed E-state index contributed by atoms with van der Waals surface area (Å²) in [6.45, 7) is 1.87. The Hall–Kier alpha value is -1.30. The molecule has 3 amide bonds. The summed E-state index contributed by atoms with van der Waals surface area (Å²) in [6, 6.07) is -0.147. The van der Waals surface area contributed by atoms with Gasteiger partial charge in [-0.15, -0.1) is 0 Å². The summed E-state index contributed by atoms with van der Waals surface area (Å²) >= 11 is 0. The van der Waals surface area contributed by atoms with E-state index in [2.05, 4.69) is 5.32 Å². The Kier molecular flexibility index (Phi) is 3.70. The minimum Gasteiger partial charge on any atom is -0.370 e. The first-order valence-electron chi connectivity index (χ1n) is 4.65. The topological polar surface area (TPSA) is 101 Å². The first-order valence-corrected chi connectivity index (χ1v) is 4.65. The van der Waals surface area contributed by atoms with Gasteiger partial charge >= 0.3 is 6.03 Å². The van der Waals surface area contributed by atoms with E-state index in [1.165, 1.54) is 0 Å². The fraction of sp³-hybridized carbons (Fsp3) is 0.750. The van der Waals surface area contributed by atoms with E-state index in [0.29, 0.717) is 26.1 Å². The van der Waals surface area contributed by atoms with Crippen LogP contribution in [0.1, 0.15) is 12.8 Å². The fourth-order valence-corrected chi connectivity index (χ4v) is 1.53. The largest absolute Gasteiger partial charge is 0.370 e. The normalized spacial score (nSPS) is 21.1. The van der Waals surface area contributed by atoms with Gasteiger partial charge in [0.05, 0.1) is 0 Å². The lowest BCUT2D eigenvalue weighted by Gasteiger charge is -2.13. The van der Waals surface area contributed by atoms with Crippen molar-refractivity contribution in [2.45, 2.75) is 18.9 Å². The standard InChI is InChI=1S/C8H16N4O2/c9-7(13)1-3-11-6-2-4-12(5-6)8(10)14/h6,11H,1-5H2,(H2,9,13)(H2,10,14). The molecule has 0 radical (unpaired) electrons. The zero-order valence-electron chi connectivity index (χ0n) is 8.03. The highest BCUT2D eigenvalue weighted by Gasteiger charge is 2.23. The van der Waals surface area contributed by atoms with E-state index in [9.17, 15) is 9.59 Å². The molecular formula is C8H16N4O2. The van der Waals surface area contributed by atoms with Gasteiger partial charge in [-0.3, -0.25) is 4.79 Å². The van der Waals surface area contributed by atoms with E-state index in [1.807, 2.05) is 0 Å². The molecule has 0 aromatic heterocycles. The van der Waals surface area contributed by atoms with E-state index in [0.717, 1.165) is 6.42 Å². The predicted molar refractivity (Wildman–Crippen MR) is 51.4 cm³/mol. The maximum absolute atomic E-state index is 10.8. The van der Waals surface area contributed by atoms with Crippen molar-refractivity contribution in [3.63, 3.8) is 0 Å². The Bertz CT molecular complexity index is 231. The Morgan fingerprint density at radius 1 is 1.43 bits per heavy atom. The van der Waals surface area contributed by atoms with Crippen LogP contribution >= 0.6 is 0 Å². The average Bonchev–Trinajstić information content (AvgIpc) is 2.52. The number of hydrogen-bond donors (Lipinski definition) is 3. The summed E-state index contributed by atoms with van der Waals surface area (Å²) in [5, 5.41) is 3.15. The molecular weight excluding hydrogens is 184 g/mol. The van der Waals surface area contributed by atoms with Crippen molar-refractivity contribution in [2.75, 3.05) is 19.6 Å². The molecule has 80 valence electrons. The molecule has 1 saturated heterocycles. The van der Waals surface area contributed by atoms with Gasteiger partial charge in [0.1, 0.15) is 0 Å². The SMILES string of the molecule is NC(=O)CCNC1CCN(C(N)=O)C1. The molecule has 1 heterocycles. The summed E-state index contributed by atoms with van der Waals surface area (Å²) in [4.78, 5) is 22.8. The number of urea groups is 1. The van der Waals surface area contributed by atoms with Crippen LogP contribution in [0.25, 0.3) is 0 Å². The van der Waals surface area contributed by atoms with Gasteiger partial charge in [0, 0.05) is 32.1 Å². The molecule has 1 atom stereocenters. The molecule has 0 spiro atoms. The molecule has 14 heavy (non-hydrogen) atoms. The number of amides is 3. The molecule has 6 heteroatoms. The van der Waals surface area contributed by atoms with Crippen LogP contribution in [0.4, 0.5) is 4.79 Å². The lowest BCUT2D eigenvalue weighted by Crippen LogP contribution is -2.38. The number of likely N-dealkylation sites (tertiary alicyclic amines) is 1. The first kappa shape index (κ1) is 10.8. The van der Waals surface area contributed by atoms with Crippen LogP contribution in [0.5, 0.6) is 0 Å². The van der Waals surface area contributed by atoms with Crippen LogP contribution in [0, 0.1) is 0 Å². The summed E-state index contributed by atoms with van der Waals surface area (Å²) in [5.74, 6) is -0.317. The van der Waals surface area contributed by atoms with Gasteiger partial charge in [-0.25, -0.2) is 4.79 Å². The minimum absolute atomic E-state index is 0.238. The van der Waals surface area contributed by atoms with Crippen LogP contribution in [-0.4, -0.2) is 42.5 Å². The van der Waals surface area contributed by atoms with Gasteiger partial charge in [0.2, 0.25) is 5.91 Å².